The molecule has 2 aliphatic heterocycles. The Kier molecular flexibility index (Phi) is 7.17. The standard InChI is InChI=1S/C29H19Cl2F5N2O8/c1-45-9-3-6-14(39)12(7-9)16-10-4-5-11-15(24(41)38(23(11)40)27(44)46-2)13(10)8-28(30)25(42)37(26(43)29(16,28)31)22-20(35)18(33)17(32)19(34)21(22)36/h3-4,6-7,11,13,15-16,39H,5,8H2,1-2H3. The number of amides is 5. The Morgan fingerprint density at radius 2 is 1.52 bits per heavy atom. The van der Waals surface area contributed by atoms with Gasteiger partial charge in [0.2, 0.25) is 17.6 Å². The van der Waals surface area contributed by atoms with Crippen LogP contribution in [0.3, 0.4) is 0 Å². The van der Waals surface area contributed by atoms with Crippen LogP contribution in [0.15, 0.2) is 29.8 Å². The third kappa shape index (κ3) is 3.78. The zero-order valence-corrected chi connectivity index (χ0v) is 24.9. The first-order chi connectivity index (χ1) is 21.6. The molecule has 2 aromatic carbocycles. The van der Waals surface area contributed by atoms with Gasteiger partial charge in [0, 0.05) is 11.5 Å². The summed E-state index contributed by atoms with van der Waals surface area (Å²) >= 11 is 14.0. The summed E-state index contributed by atoms with van der Waals surface area (Å²) in [6.07, 6.45) is -0.875. The molecule has 6 unspecified atom stereocenters. The Labute approximate surface area is 265 Å². The van der Waals surface area contributed by atoms with E-state index in [1.54, 1.807) is 0 Å². The minimum absolute atomic E-state index is 0.0735. The van der Waals surface area contributed by atoms with Crippen molar-refractivity contribution in [3.05, 3.63) is 64.5 Å². The largest absolute Gasteiger partial charge is 0.508 e. The maximum absolute atomic E-state index is 15.1. The van der Waals surface area contributed by atoms with E-state index in [4.69, 9.17) is 27.9 Å². The van der Waals surface area contributed by atoms with Crippen LogP contribution in [-0.4, -0.2) is 63.7 Å². The van der Waals surface area contributed by atoms with Gasteiger partial charge in [-0.1, -0.05) is 11.6 Å². The van der Waals surface area contributed by atoms with Crippen molar-refractivity contribution in [3.63, 3.8) is 0 Å². The molecule has 1 saturated carbocycles. The van der Waals surface area contributed by atoms with Gasteiger partial charge in [-0.2, -0.15) is 4.90 Å². The van der Waals surface area contributed by atoms with Gasteiger partial charge < -0.3 is 14.6 Å². The molecule has 0 bridgehead atoms. The van der Waals surface area contributed by atoms with Gasteiger partial charge in [0.15, 0.2) is 33.0 Å². The topological polar surface area (TPSA) is 131 Å². The number of fused-ring (bicyclic) bond motifs is 4. The number of hydrogen-bond acceptors (Lipinski definition) is 8. The van der Waals surface area contributed by atoms with Crippen LogP contribution in [0, 0.1) is 46.8 Å². The lowest BCUT2D eigenvalue weighted by atomic mass is 9.56. The van der Waals surface area contributed by atoms with Gasteiger partial charge in [0.05, 0.1) is 26.1 Å². The highest BCUT2D eigenvalue weighted by Gasteiger charge is 2.77. The third-order valence-electron chi connectivity index (χ3n) is 9.12. The molecule has 0 spiro atoms. The number of aromatic hydroxyl groups is 1. The van der Waals surface area contributed by atoms with E-state index in [9.17, 15) is 42.3 Å². The predicted octanol–water partition coefficient (Wildman–Crippen LogP) is 4.43. The molecule has 4 aliphatic rings. The first-order valence-corrected chi connectivity index (χ1v) is 14.1. The first kappa shape index (κ1) is 31.7. The van der Waals surface area contributed by atoms with Gasteiger partial charge in [-0.05, 0) is 37.0 Å². The minimum atomic E-state index is -2.83. The van der Waals surface area contributed by atoms with Crippen molar-refractivity contribution in [2.75, 3.05) is 19.1 Å². The van der Waals surface area contributed by atoms with Crippen molar-refractivity contribution in [2.24, 2.45) is 17.8 Å². The van der Waals surface area contributed by atoms with E-state index >= 15 is 8.78 Å². The molecule has 17 heteroatoms. The zero-order valence-electron chi connectivity index (χ0n) is 23.4. The fourth-order valence-corrected chi connectivity index (χ4v) is 8.00. The van der Waals surface area contributed by atoms with Crippen LogP contribution in [0.4, 0.5) is 32.4 Å². The van der Waals surface area contributed by atoms with E-state index in [-0.39, 0.29) is 33.1 Å². The van der Waals surface area contributed by atoms with Gasteiger partial charge >= 0.3 is 6.09 Å². The number of rotatable bonds is 3. The number of alkyl halides is 2. The lowest BCUT2D eigenvalue weighted by molar-refractivity contribution is -0.138. The quantitative estimate of drug-likeness (QED) is 0.125. The summed E-state index contributed by atoms with van der Waals surface area (Å²) in [7, 11) is 2.19. The zero-order chi connectivity index (χ0) is 33.8. The maximum Gasteiger partial charge on any atom is 0.423 e. The molecule has 5 amide bonds. The second-order valence-corrected chi connectivity index (χ2v) is 12.3. The van der Waals surface area contributed by atoms with Crippen molar-refractivity contribution in [2.45, 2.75) is 28.5 Å². The summed E-state index contributed by atoms with van der Waals surface area (Å²) in [6.45, 7) is 0. The molecule has 2 saturated heterocycles. The summed E-state index contributed by atoms with van der Waals surface area (Å²) < 4.78 is 82.5. The molecule has 46 heavy (non-hydrogen) atoms. The molecule has 6 atom stereocenters. The third-order valence-corrected chi connectivity index (χ3v) is 10.5. The molecule has 10 nitrogen and oxygen atoms in total. The summed E-state index contributed by atoms with van der Waals surface area (Å²) in [5, 5.41) is 11.0. The number of anilines is 1. The number of halogens is 7. The Morgan fingerprint density at radius 1 is 0.913 bits per heavy atom. The number of hydrogen-bond donors (Lipinski definition) is 1. The normalized spacial score (nSPS) is 30.2. The van der Waals surface area contributed by atoms with Gasteiger partial charge in [-0.15, -0.1) is 23.2 Å². The molecule has 242 valence electrons. The lowest BCUT2D eigenvalue weighted by Gasteiger charge is -2.50. The fraction of sp³-hybridized carbons (Fsp3) is 0.345. The van der Waals surface area contributed by atoms with E-state index in [1.807, 2.05) is 0 Å². The van der Waals surface area contributed by atoms with Crippen LogP contribution in [0.5, 0.6) is 11.5 Å². The average Bonchev–Trinajstić information content (AvgIpc) is 3.37. The smallest absolute Gasteiger partial charge is 0.423 e. The molecule has 1 N–H and O–H groups in total. The number of ether oxygens (including phenoxy) is 2. The van der Waals surface area contributed by atoms with Crippen molar-refractivity contribution in [1.29, 1.82) is 0 Å². The number of carbonyl (C=O) groups is 5. The molecular formula is C29H19Cl2F5N2O8. The Balaban J connectivity index is 1.62. The summed E-state index contributed by atoms with van der Waals surface area (Å²) in [4.78, 5) is 61.7. The monoisotopic (exact) mass is 688 g/mol. The Morgan fingerprint density at radius 3 is 2.11 bits per heavy atom. The average molecular weight is 689 g/mol. The van der Waals surface area contributed by atoms with Crippen molar-refractivity contribution in [1.82, 2.24) is 4.90 Å². The number of nitrogens with zero attached hydrogens (tertiary/aromatic N) is 2. The number of imide groups is 4. The highest BCUT2D eigenvalue weighted by atomic mass is 35.5. The molecule has 6 rings (SSSR count). The SMILES string of the molecule is COC(=O)N1C(=O)C2CC=C3C(CC4(Cl)C(=O)N(c5c(F)c(F)c(F)c(F)c5F)C(=O)C4(Cl)C3c3cc(OC)ccc3O)C2C1=O. The van der Waals surface area contributed by atoms with Crippen LogP contribution in [-0.2, 0) is 23.9 Å². The second kappa shape index (κ2) is 10.4. The number of likely N-dealkylation sites (tertiary alicyclic amines) is 1. The molecule has 0 aromatic heterocycles. The first-order valence-electron chi connectivity index (χ1n) is 13.4. The van der Waals surface area contributed by atoms with E-state index in [2.05, 4.69) is 4.74 Å². The van der Waals surface area contributed by atoms with Crippen LogP contribution < -0.4 is 9.64 Å². The van der Waals surface area contributed by atoms with E-state index in [0.717, 1.165) is 13.2 Å². The maximum atomic E-state index is 15.1. The molecular weight excluding hydrogens is 670 g/mol. The van der Waals surface area contributed by atoms with Crippen molar-refractivity contribution < 1.29 is 60.5 Å². The predicted molar refractivity (Wildman–Crippen MR) is 145 cm³/mol. The van der Waals surface area contributed by atoms with Crippen molar-refractivity contribution >= 4 is 58.6 Å². The number of phenolic OH excluding ortho intramolecular Hbond substituents is 1. The van der Waals surface area contributed by atoms with Crippen molar-refractivity contribution in [3.8, 4) is 11.5 Å². The second-order valence-electron chi connectivity index (χ2n) is 11.1. The highest BCUT2D eigenvalue weighted by molar-refractivity contribution is 6.58. The fourth-order valence-electron chi connectivity index (χ4n) is 7.07. The Hall–Kier alpha value is -4.24. The van der Waals surface area contributed by atoms with E-state index in [1.165, 1.54) is 25.3 Å². The number of benzene rings is 2. The molecule has 2 aliphatic carbocycles. The number of methoxy groups -OCH3 is 2. The summed E-state index contributed by atoms with van der Waals surface area (Å²) in [6, 6.07) is 3.65. The highest BCUT2D eigenvalue weighted by Crippen LogP contribution is 2.66. The molecule has 2 aromatic rings. The van der Waals surface area contributed by atoms with Crippen LogP contribution >= 0.6 is 23.2 Å². The van der Waals surface area contributed by atoms with Crippen LogP contribution in [0.25, 0.3) is 0 Å². The Bertz CT molecular complexity index is 1810. The van der Waals surface area contributed by atoms with Gasteiger partial charge in [-0.3, -0.25) is 19.2 Å². The van der Waals surface area contributed by atoms with E-state index in [0.29, 0.717) is 0 Å². The number of phenols is 1. The minimum Gasteiger partial charge on any atom is -0.508 e. The van der Waals surface area contributed by atoms with Crippen LogP contribution in [0.1, 0.15) is 24.3 Å². The van der Waals surface area contributed by atoms with Gasteiger partial charge in [0.25, 0.3) is 11.8 Å². The van der Waals surface area contributed by atoms with E-state index < -0.39 is 110 Å². The molecule has 3 fully saturated rings. The van der Waals surface area contributed by atoms with Crippen LogP contribution in [0.2, 0.25) is 0 Å². The lowest BCUT2D eigenvalue weighted by Crippen LogP contribution is -2.60. The molecule has 0 radical (unpaired) electrons. The van der Waals surface area contributed by atoms with Gasteiger partial charge in [0.1, 0.15) is 17.2 Å². The van der Waals surface area contributed by atoms with Gasteiger partial charge in [-0.25, -0.2) is 31.6 Å². The summed E-state index contributed by atoms with van der Waals surface area (Å²) in [5.41, 5.74) is -2.09. The molecule has 2 heterocycles. The number of carbonyl (C=O) groups excluding carboxylic acids is 5. The number of allylic oxidation sites excluding steroid dienone is 2. The summed E-state index contributed by atoms with van der Waals surface area (Å²) in [5.74, 6) is -23.9.